The molecule has 0 radical (unpaired) electrons. The van der Waals surface area contributed by atoms with Crippen LogP contribution in [0.15, 0.2) is 40.9 Å². The summed E-state index contributed by atoms with van der Waals surface area (Å²) in [7, 11) is 0. The fourth-order valence-corrected chi connectivity index (χ4v) is 5.46. The standard InChI is InChI=1S/C25H23BrCl2N2O5/c1-12-13(2)21(7-6-18(12)26)29-22(31)11-35-25(34)14-4-3-5-15(8-14)30-23(32)16-9-19(27)20(28)10-17(16)24(30)33/h3-8,16-17,19-20H,9-11H2,1-2H3,(H,29,31)/t16-,17+,19-,20-/m0/s1. The highest BCUT2D eigenvalue weighted by atomic mass is 79.9. The van der Waals surface area contributed by atoms with E-state index in [1.54, 1.807) is 18.2 Å². The van der Waals surface area contributed by atoms with Crippen LogP contribution in [0.2, 0.25) is 0 Å². The van der Waals surface area contributed by atoms with Crippen LogP contribution >= 0.6 is 39.1 Å². The summed E-state index contributed by atoms with van der Waals surface area (Å²) in [6.45, 7) is 3.32. The van der Waals surface area contributed by atoms with Gasteiger partial charge in [0.1, 0.15) is 0 Å². The van der Waals surface area contributed by atoms with Crippen molar-refractivity contribution in [2.75, 3.05) is 16.8 Å². The SMILES string of the molecule is Cc1c(Br)ccc(NC(=O)COC(=O)c2cccc(N3C(=O)[C@H]4C[C@H](Cl)[C@@H](Cl)C[C@H]4C3=O)c2)c1C. The normalized spacial score (nSPS) is 23.7. The van der Waals surface area contributed by atoms with Gasteiger partial charge < -0.3 is 10.1 Å². The molecule has 1 N–H and O–H groups in total. The summed E-state index contributed by atoms with van der Waals surface area (Å²) in [5.74, 6) is -2.98. The molecule has 1 aliphatic carbocycles. The van der Waals surface area contributed by atoms with Gasteiger partial charge in [-0.05, 0) is 68.1 Å². The molecule has 2 aromatic rings. The molecule has 184 valence electrons. The van der Waals surface area contributed by atoms with Gasteiger partial charge in [0.05, 0.1) is 33.8 Å². The van der Waals surface area contributed by atoms with E-state index < -0.39 is 30.3 Å². The fraction of sp³-hybridized carbons (Fsp3) is 0.360. The van der Waals surface area contributed by atoms with Gasteiger partial charge in [-0.25, -0.2) is 4.79 Å². The largest absolute Gasteiger partial charge is 0.452 e. The Hall–Kier alpha value is -2.42. The van der Waals surface area contributed by atoms with Crippen molar-refractivity contribution in [3.05, 3.63) is 57.6 Å². The van der Waals surface area contributed by atoms with E-state index in [4.69, 9.17) is 27.9 Å². The Morgan fingerprint density at radius 3 is 2.29 bits per heavy atom. The molecule has 4 atom stereocenters. The molecule has 3 amide bonds. The third kappa shape index (κ3) is 5.10. The smallest absolute Gasteiger partial charge is 0.338 e. The summed E-state index contributed by atoms with van der Waals surface area (Å²) in [5, 5.41) is 1.97. The quantitative estimate of drug-likeness (QED) is 0.305. The zero-order chi connectivity index (χ0) is 25.4. The first kappa shape index (κ1) is 25.7. The van der Waals surface area contributed by atoms with E-state index >= 15 is 0 Å². The Bertz CT molecular complexity index is 1190. The van der Waals surface area contributed by atoms with E-state index in [2.05, 4.69) is 21.2 Å². The van der Waals surface area contributed by atoms with Crippen LogP contribution in [0.4, 0.5) is 11.4 Å². The number of halogens is 3. The Kier molecular flexibility index (Phi) is 7.54. The Morgan fingerprint density at radius 1 is 1.03 bits per heavy atom. The number of alkyl halides is 2. The molecular formula is C25H23BrCl2N2O5. The lowest BCUT2D eigenvalue weighted by Gasteiger charge is -2.28. The molecule has 1 saturated heterocycles. The highest BCUT2D eigenvalue weighted by Crippen LogP contribution is 2.43. The first-order valence-electron chi connectivity index (χ1n) is 11.1. The second kappa shape index (κ2) is 10.3. The number of hydrogen-bond acceptors (Lipinski definition) is 5. The lowest BCUT2D eigenvalue weighted by Crippen LogP contribution is -2.34. The first-order valence-corrected chi connectivity index (χ1v) is 12.7. The van der Waals surface area contributed by atoms with Crippen molar-refractivity contribution in [3.8, 4) is 0 Å². The maximum absolute atomic E-state index is 13.0. The minimum absolute atomic E-state index is 0.117. The second-order valence-electron chi connectivity index (χ2n) is 8.75. The predicted octanol–water partition coefficient (Wildman–Crippen LogP) is 4.98. The summed E-state index contributed by atoms with van der Waals surface area (Å²) in [4.78, 5) is 52.0. The molecule has 10 heteroatoms. The van der Waals surface area contributed by atoms with Crippen LogP contribution < -0.4 is 10.2 Å². The van der Waals surface area contributed by atoms with Crippen molar-refractivity contribution >= 4 is 74.2 Å². The number of ether oxygens (including phenoxy) is 1. The molecule has 2 fully saturated rings. The van der Waals surface area contributed by atoms with Gasteiger partial charge in [0.2, 0.25) is 11.8 Å². The zero-order valence-corrected chi connectivity index (χ0v) is 22.1. The molecule has 35 heavy (non-hydrogen) atoms. The minimum Gasteiger partial charge on any atom is -0.452 e. The van der Waals surface area contributed by atoms with E-state index in [-0.39, 0.29) is 33.8 Å². The molecule has 4 rings (SSSR count). The number of fused-ring (bicyclic) bond motifs is 1. The van der Waals surface area contributed by atoms with Crippen molar-refractivity contribution in [1.29, 1.82) is 0 Å². The highest BCUT2D eigenvalue weighted by Gasteiger charge is 2.52. The molecule has 0 unspecified atom stereocenters. The van der Waals surface area contributed by atoms with Crippen LogP contribution in [0.1, 0.15) is 34.3 Å². The Balaban J connectivity index is 1.42. The highest BCUT2D eigenvalue weighted by molar-refractivity contribution is 9.10. The summed E-state index contributed by atoms with van der Waals surface area (Å²) in [6, 6.07) is 9.62. The maximum atomic E-state index is 13.0. The molecule has 0 aromatic heterocycles. The minimum atomic E-state index is -0.746. The van der Waals surface area contributed by atoms with Crippen LogP contribution in [0.5, 0.6) is 0 Å². The summed E-state index contributed by atoms with van der Waals surface area (Å²) >= 11 is 15.9. The number of imide groups is 1. The molecule has 1 aliphatic heterocycles. The number of rotatable bonds is 5. The average Bonchev–Trinajstić information content (AvgIpc) is 3.07. The summed E-state index contributed by atoms with van der Waals surface area (Å²) < 4.78 is 6.10. The number of nitrogens with zero attached hydrogens (tertiary/aromatic N) is 1. The van der Waals surface area contributed by atoms with Crippen LogP contribution in [-0.2, 0) is 19.1 Å². The number of anilines is 2. The number of nitrogens with one attached hydrogen (secondary N) is 1. The van der Waals surface area contributed by atoms with Crippen molar-refractivity contribution in [2.45, 2.75) is 37.4 Å². The molecule has 1 heterocycles. The molecular weight excluding hydrogens is 559 g/mol. The summed E-state index contributed by atoms with van der Waals surface area (Å²) in [6.07, 6.45) is 0.658. The topological polar surface area (TPSA) is 92.8 Å². The molecule has 0 bridgehead atoms. The van der Waals surface area contributed by atoms with Gasteiger partial charge in [0, 0.05) is 10.2 Å². The lowest BCUT2D eigenvalue weighted by molar-refractivity contribution is -0.122. The molecule has 2 aliphatic rings. The first-order chi connectivity index (χ1) is 16.6. The molecule has 1 saturated carbocycles. The van der Waals surface area contributed by atoms with E-state index in [0.29, 0.717) is 18.5 Å². The fourth-order valence-electron chi connectivity index (χ4n) is 4.45. The van der Waals surface area contributed by atoms with Crippen molar-refractivity contribution in [3.63, 3.8) is 0 Å². The Labute approximate surface area is 221 Å². The molecule has 2 aromatic carbocycles. The molecule has 0 spiro atoms. The van der Waals surface area contributed by atoms with Gasteiger partial charge >= 0.3 is 5.97 Å². The van der Waals surface area contributed by atoms with Crippen LogP contribution in [-0.4, -0.2) is 41.1 Å². The molecule has 7 nitrogen and oxygen atoms in total. The number of carbonyl (C=O) groups excluding carboxylic acids is 4. The van der Waals surface area contributed by atoms with Gasteiger partial charge in [-0.3, -0.25) is 19.3 Å². The van der Waals surface area contributed by atoms with Crippen molar-refractivity contribution in [2.24, 2.45) is 11.8 Å². The van der Waals surface area contributed by atoms with Gasteiger partial charge in [-0.1, -0.05) is 22.0 Å². The lowest BCUT2D eigenvalue weighted by atomic mass is 9.80. The van der Waals surface area contributed by atoms with Crippen LogP contribution in [0, 0.1) is 25.7 Å². The number of esters is 1. The number of hydrogen-bond donors (Lipinski definition) is 1. The van der Waals surface area contributed by atoms with E-state index in [0.717, 1.165) is 20.5 Å². The van der Waals surface area contributed by atoms with Gasteiger partial charge in [0.15, 0.2) is 6.61 Å². The van der Waals surface area contributed by atoms with E-state index in [1.165, 1.54) is 12.1 Å². The van der Waals surface area contributed by atoms with Crippen LogP contribution in [0.25, 0.3) is 0 Å². The Morgan fingerprint density at radius 2 is 1.66 bits per heavy atom. The van der Waals surface area contributed by atoms with Gasteiger partial charge in [0.25, 0.3) is 5.91 Å². The zero-order valence-electron chi connectivity index (χ0n) is 19.0. The number of carbonyl (C=O) groups is 4. The van der Waals surface area contributed by atoms with Gasteiger partial charge in [-0.15, -0.1) is 23.2 Å². The van der Waals surface area contributed by atoms with Gasteiger partial charge in [-0.2, -0.15) is 0 Å². The van der Waals surface area contributed by atoms with Crippen LogP contribution in [0.3, 0.4) is 0 Å². The third-order valence-electron chi connectivity index (χ3n) is 6.58. The predicted molar refractivity (Wildman–Crippen MR) is 137 cm³/mol. The second-order valence-corrected chi connectivity index (χ2v) is 10.7. The maximum Gasteiger partial charge on any atom is 0.338 e. The average molecular weight is 582 g/mol. The number of amides is 3. The number of benzene rings is 2. The van der Waals surface area contributed by atoms with E-state index in [1.807, 2.05) is 19.9 Å². The monoisotopic (exact) mass is 580 g/mol. The van der Waals surface area contributed by atoms with E-state index in [9.17, 15) is 19.2 Å². The third-order valence-corrected chi connectivity index (χ3v) is 8.53. The van der Waals surface area contributed by atoms with Crippen molar-refractivity contribution < 1.29 is 23.9 Å². The summed E-state index contributed by atoms with van der Waals surface area (Å²) in [5.41, 5.74) is 2.90. The van der Waals surface area contributed by atoms with Crippen molar-refractivity contribution in [1.82, 2.24) is 0 Å².